The molecule has 0 aliphatic heterocycles. The predicted octanol–water partition coefficient (Wildman–Crippen LogP) is 5.88. The fourth-order valence-electron chi connectivity index (χ4n) is 4.45. The zero-order chi connectivity index (χ0) is 29.3. The van der Waals surface area contributed by atoms with Crippen molar-refractivity contribution >= 4 is 39.1 Å². The summed E-state index contributed by atoms with van der Waals surface area (Å²) in [6.07, 6.45) is 2.13. The summed E-state index contributed by atoms with van der Waals surface area (Å²) in [5.41, 5.74) is 2.87. The predicted molar refractivity (Wildman–Crippen MR) is 161 cm³/mol. The van der Waals surface area contributed by atoms with Gasteiger partial charge in [-0.2, -0.15) is 0 Å². The fraction of sp³-hybridized carbons (Fsp3) is 0.355. The van der Waals surface area contributed by atoms with E-state index in [1.54, 1.807) is 43.3 Å². The van der Waals surface area contributed by atoms with Crippen molar-refractivity contribution in [2.75, 3.05) is 17.4 Å². The topological polar surface area (TPSA) is 86.8 Å². The minimum absolute atomic E-state index is 0.0617. The van der Waals surface area contributed by atoms with E-state index >= 15 is 0 Å². The first-order valence-corrected chi connectivity index (χ1v) is 15.4. The van der Waals surface area contributed by atoms with Crippen molar-refractivity contribution < 1.29 is 18.0 Å². The number of hydrogen-bond acceptors (Lipinski definition) is 4. The molecule has 40 heavy (non-hydrogen) atoms. The van der Waals surface area contributed by atoms with E-state index in [-0.39, 0.29) is 17.3 Å². The number of unbranched alkanes of at least 4 members (excludes halogenated alkanes) is 1. The average molecular weight is 584 g/mol. The summed E-state index contributed by atoms with van der Waals surface area (Å²) in [6.45, 7) is 7.81. The molecule has 0 spiro atoms. The van der Waals surface area contributed by atoms with Crippen LogP contribution >= 0.6 is 11.6 Å². The number of amides is 2. The second kappa shape index (κ2) is 14.3. The van der Waals surface area contributed by atoms with Crippen molar-refractivity contribution in [2.24, 2.45) is 0 Å². The molecule has 2 amide bonds. The molecule has 3 aromatic carbocycles. The highest BCUT2D eigenvalue weighted by Gasteiger charge is 2.34. The molecule has 0 fully saturated rings. The van der Waals surface area contributed by atoms with Gasteiger partial charge in [0.15, 0.2) is 0 Å². The Bertz CT molecular complexity index is 1400. The quantitative estimate of drug-likeness (QED) is 0.255. The third kappa shape index (κ3) is 7.86. The van der Waals surface area contributed by atoms with E-state index in [0.717, 1.165) is 28.3 Å². The largest absolute Gasteiger partial charge is 0.354 e. The Morgan fingerprint density at radius 3 is 2.23 bits per heavy atom. The standard InChI is InChI=1S/C31H38ClN3O4S/c1-5-7-19-33-31(37)28(6-2)34(21-25-15-13-23(3)14-16-25)30(36)22-35(29-18-17-26(32)20-24(29)4)40(38,39)27-11-9-8-10-12-27/h8-18,20,28H,5-7,19,21-22H2,1-4H3,(H,33,37). The van der Waals surface area contributed by atoms with Crippen molar-refractivity contribution in [3.63, 3.8) is 0 Å². The number of carbonyl (C=O) groups is 2. The minimum atomic E-state index is -4.12. The number of benzene rings is 3. The molecule has 0 saturated carbocycles. The molecule has 1 atom stereocenters. The first-order chi connectivity index (χ1) is 19.1. The van der Waals surface area contributed by atoms with Gasteiger partial charge in [0.2, 0.25) is 11.8 Å². The van der Waals surface area contributed by atoms with E-state index < -0.39 is 28.5 Å². The molecule has 9 heteroatoms. The molecule has 1 unspecified atom stereocenters. The van der Waals surface area contributed by atoms with Gasteiger partial charge in [0.25, 0.3) is 10.0 Å². The zero-order valence-corrected chi connectivity index (χ0v) is 25.1. The van der Waals surface area contributed by atoms with Crippen LogP contribution in [0.3, 0.4) is 0 Å². The lowest BCUT2D eigenvalue weighted by Gasteiger charge is -2.33. The summed E-state index contributed by atoms with van der Waals surface area (Å²) in [5.74, 6) is -0.733. The fourth-order valence-corrected chi connectivity index (χ4v) is 6.17. The molecule has 0 radical (unpaired) electrons. The number of nitrogens with one attached hydrogen (secondary N) is 1. The highest BCUT2D eigenvalue weighted by molar-refractivity contribution is 7.92. The van der Waals surface area contributed by atoms with Crippen LogP contribution in [0, 0.1) is 13.8 Å². The van der Waals surface area contributed by atoms with Gasteiger partial charge < -0.3 is 10.2 Å². The Hall–Kier alpha value is -3.36. The lowest BCUT2D eigenvalue weighted by atomic mass is 10.1. The van der Waals surface area contributed by atoms with E-state index in [2.05, 4.69) is 5.32 Å². The van der Waals surface area contributed by atoms with Crippen molar-refractivity contribution in [2.45, 2.75) is 64.4 Å². The maximum atomic E-state index is 14.1. The van der Waals surface area contributed by atoms with Crippen LogP contribution in [-0.4, -0.2) is 44.3 Å². The summed E-state index contributed by atoms with van der Waals surface area (Å²) in [4.78, 5) is 28.9. The van der Waals surface area contributed by atoms with Crippen LogP contribution < -0.4 is 9.62 Å². The zero-order valence-electron chi connectivity index (χ0n) is 23.6. The summed E-state index contributed by atoms with van der Waals surface area (Å²) >= 11 is 6.17. The molecule has 3 rings (SSSR count). The van der Waals surface area contributed by atoms with Crippen LogP contribution in [0.1, 0.15) is 49.8 Å². The van der Waals surface area contributed by atoms with Crippen LogP contribution in [0.2, 0.25) is 5.02 Å². The Morgan fingerprint density at radius 1 is 0.950 bits per heavy atom. The Kier molecular flexibility index (Phi) is 11.2. The molecular formula is C31H38ClN3O4S. The first-order valence-electron chi connectivity index (χ1n) is 13.5. The molecule has 0 bridgehead atoms. The molecule has 0 saturated heterocycles. The highest BCUT2D eigenvalue weighted by atomic mass is 35.5. The Morgan fingerprint density at radius 2 is 1.62 bits per heavy atom. The van der Waals surface area contributed by atoms with Gasteiger partial charge in [-0.05, 0) is 68.1 Å². The first kappa shape index (κ1) is 31.2. The van der Waals surface area contributed by atoms with E-state index in [9.17, 15) is 18.0 Å². The summed E-state index contributed by atoms with van der Waals surface area (Å²) in [7, 11) is -4.12. The monoisotopic (exact) mass is 583 g/mol. The van der Waals surface area contributed by atoms with Crippen LogP contribution in [0.5, 0.6) is 0 Å². The van der Waals surface area contributed by atoms with E-state index in [0.29, 0.717) is 29.2 Å². The van der Waals surface area contributed by atoms with Crippen LogP contribution in [0.15, 0.2) is 77.7 Å². The van der Waals surface area contributed by atoms with Gasteiger partial charge in [-0.1, -0.05) is 79.9 Å². The average Bonchev–Trinajstić information content (AvgIpc) is 2.93. The molecule has 0 aromatic heterocycles. The molecule has 7 nitrogen and oxygen atoms in total. The van der Waals surface area contributed by atoms with Crippen molar-refractivity contribution in [3.05, 3.63) is 94.5 Å². The third-order valence-corrected chi connectivity index (χ3v) is 8.74. The number of nitrogens with zero attached hydrogens (tertiary/aromatic N) is 2. The number of carbonyl (C=O) groups excluding carboxylic acids is 2. The smallest absolute Gasteiger partial charge is 0.264 e. The van der Waals surface area contributed by atoms with Gasteiger partial charge in [0.05, 0.1) is 10.6 Å². The molecule has 0 aliphatic carbocycles. The normalized spacial score (nSPS) is 12.0. The van der Waals surface area contributed by atoms with Gasteiger partial charge in [-0.15, -0.1) is 0 Å². The number of hydrogen-bond donors (Lipinski definition) is 1. The maximum Gasteiger partial charge on any atom is 0.264 e. The molecule has 214 valence electrons. The summed E-state index contributed by atoms with van der Waals surface area (Å²) < 4.78 is 28.9. The number of sulfonamides is 1. The number of anilines is 1. The van der Waals surface area contributed by atoms with Gasteiger partial charge in [0.1, 0.15) is 12.6 Å². The molecular weight excluding hydrogens is 546 g/mol. The molecule has 1 N–H and O–H groups in total. The Labute approximate surface area is 243 Å². The van der Waals surface area contributed by atoms with Crippen molar-refractivity contribution in [3.8, 4) is 0 Å². The minimum Gasteiger partial charge on any atom is -0.354 e. The molecule has 0 aliphatic rings. The number of aryl methyl sites for hydroxylation is 2. The van der Waals surface area contributed by atoms with E-state index in [1.807, 2.05) is 45.0 Å². The van der Waals surface area contributed by atoms with Crippen molar-refractivity contribution in [1.29, 1.82) is 0 Å². The van der Waals surface area contributed by atoms with Crippen LogP contribution in [0.25, 0.3) is 0 Å². The second-order valence-electron chi connectivity index (χ2n) is 9.83. The SMILES string of the molecule is CCCCNC(=O)C(CC)N(Cc1ccc(C)cc1)C(=O)CN(c1ccc(Cl)cc1C)S(=O)(=O)c1ccccc1. The molecule has 3 aromatic rings. The van der Waals surface area contributed by atoms with E-state index in [4.69, 9.17) is 11.6 Å². The van der Waals surface area contributed by atoms with Crippen molar-refractivity contribution in [1.82, 2.24) is 10.2 Å². The highest BCUT2D eigenvalue weighted by Crippen LogP contribution is 2.29. The van der Waals surface area contributed by atoms with Gasteiger partial charge in [-0.25, -0.2) is 8.42 Å². The maximum absolute atomic E-state index is 14.1. The Balaban J connectivity index is 2.05. The molecule has 0 heterocycles. The van der Waals surface area contributed by atoms with Gasteiger partial charge in [-0.3, -0.25) is 13.9 Å². The summed E-state index contributed by atoms with van der Waals surface area (Å²) in [5, 5.41) is 3.40. The van der Waals surface area contributed by atoms with Gasteiger partial charge in [0, 0.05) is 18.1 Å². The number of halogens is 1. The summed E-state index contributed by atoms with van der Waals surface area (Å²) in [6, 6.07) is 19.8. The van der Waals surface area contributed by atoms with Crippen LogP contribution in [-0.2, 0) is 26.2 Å². The lowest BCUT2D eigenvalue weighted by Crippen LogP contribution is -2.52. The van der Waals surface area contributed by atoms with E-state index in [1.165, 1.54) is 17.0 Å². The lowest BCUT2D eigenvalue weighted by molar-refractivity contribution is -0.140. The number of rotatable bonds is 13. The third-order valence-electron chi connectivity index (χ3n) is 6.73. The van der Waals surface area contributed by atoms with Gasteiger partial charge >= 0.3 is 0 Å². The van der Waals surface area contributed by atoms with Crippen LogP contribution in [0.4, 0.5) is 5.69 Å². The second-order valence-corrected chi connectivity index (χ2v) is 12.1.